The summed E-state index contributed by atoms with van der Waals surface area (Å²) in [6.45, 7) is 7.86. The number of nitrogens with zero attached hydrogens (tertiary/aromatic N) is 1. The van der Waals surface area contributed by atoms with E-state index in [0.29, 0.717) is 29.4 Å². The highest BCUT2D eigenvalue weighted by atomic mass is 19.1. The molecule has 0 fully saturated rings. The van der Waals surface area contributed by atoms with Crippen molar-refractivity contribution in [3.8, 4) is 0 Å². The number of nitrogens with one attached hydrogen (secondary N) is 1. The number of rotatable bonds is 6. The average molecular weight is 362 g/mol. The standard InChI is InChI=1S/C23H23FN2O/c1-16(2)13-23(3,14-17-8-5-4-6-9-17)22(27)26-19-12-18-10-7-11-20(24)21(18)25-15-19/h4-12,15H,1,13-14H2,2-3H3,(H,26,27). The molecule has 2 aromatic carbocycles. The van der Waals surface area contributed by atoms with Crippen LogP contribution in [0, 0.1) is 11.2 Å². The van der Waals surface area contributed by atoms with Crippen LogP contribution in [0.15, 0.2) is 72.9 Å². The van der Waals surface area contributed by atoms with E-state index in [1.165, 1.54) is 12.3 Å². The molecule has 1 heterocycles. The number of anilines is 1. The Bertz CT molecular complexity index is 984. The van der Waals surface area contributed by atoms with Gasteiger partial charge in [0, 0.05) is 5.39 Å². The zero-order chi connectivity index (χ0) is 19.4. The van der Waals surface area contributed by atoms with Crippen LogP contribution in [0.4, 0.5) is 10.1 Å². The number of amides is 1. The molecule has 1 N–H and O–H groups in total. The summed E-state index contributed by atoms with van der Waals surface area (Å²) in [6.07, 6.45) is 2.67. The van der Waals surface area contributed by atoms with Gasteiger partial charge in [-0.05, 0) is 37.5 Å². The Morgan fingerprint density at radius 1 is 1.19 bits per heavy atom. The Labute approximate surface area is 158 Å². The van der Waals surface area contributed by atoms with Crippen LogP contribution >= 0.6 is 0 Å². The fourth-order valence-corrected chi connectivity index (χ4v) is 3.41. The van der Waals surface area contributed by atoms with Crippen LogP contribution < -0.4 is 5.32 Å². The minimum absolute atomic E-state index is 0.105. The molecular weight excluding hydrogens is 339 g/mol. The van der Waals surface area contributed by atoms with Gasteiger partial charge >= 0.3 is 0 Å². The number of hydrogen-bond acceptors (Lipinski definition) is 2. The van der Waals surface area contributed by atoms with Crippen LogP contribution in [0.2, 0.25) is 0 Å². The zero-order valence-corrected chi connectivity index (χ0v) is 15.6. The van der Waals surface area contributed by atoms with Gasteiger partial charge in [-0.15, -0.1) is 6.58 Å². The number of carbonyl (C=O) groups is 1. The van der Waals surface area contributed by atoms with Gasteiger partial charge < -0.3 is 5.32 Å². The lowest BCUT2D eigenvalue weighted by atomic mass is 9.77. The van der Waals surface area contributed by atoms with E-state index < -0.39 is 5.41 Å². The van der Waals surface area contributed by atoms with Gasteiger partial charge in [0.15, 0.2) is 0 Å². The molecular formula is C23H23FN2O. The Kier molecular flexibility index (Phi) is 5.36. The zero-order valence-electron chi connectivity index (χ0n) is 15.6. The molecule has 138 valence electrons. The van der Waals surface area contributed by atoms with E-state index in [4.69, 9.17) is 0 Å². The summed E-state index contributed by atoms with van der Waals surface area (Å²) in [4.78, 5) is 17.3. The fraction of sp³-hybridized carbons (Fsp3) is 0.217. The molecule has 3 rings (SSSR count). The highest BCUT2D eigenvalue weighted by Crippen LogP contribution is 2.32. The van der Waals surface area contributed by atoms with Gasteiger partial charge in [-0.2, -0.15) is 0 Å². The average Bonchev–Trinajstić information content (AvgIpc) is 2.62. The normalized spacial score (nSPS) is 13.1. The third-order valence-corrected chi connectivity index (χ3v) is 4.60. The largest absolute Gasteiger partial charge is 0.324 e. The summed E-state index contributed by atoms with van der Waals surface area (Å²) < 4.78 is 13.8. The molecule has 0 radical (unpaired) electrons. The monoisotopic (exact) mass is 362 g/mol. The molecule has 4 heteroatoms. The molecule has 0 spiro atoms. The Hall–Kier alpha value is -3.01. The van der Waals surface area contributed by atoms with Gasteiger partial charge in [0.05, 0.1) is 17.3 Å². The summed E-state index contributed by atoms with van der Waals surface area (Å²) >= 11 is 0. The molecule has 3 nitrogen and oxygen atoms in total. The molecule has 0 aliphatic carbocycles. The first-order valence-electron chi connectivity index (χ1n) is 8.91. The van der Waals surface area contributed by atoms with Crippen molar-refractivity contribution < 1.29 is 9.18 Å². The van der Waals surface area contributed by atoms with Gasteiger partial charge in [0.2, 0.25) is 5.91 Å². The van der Waals surface area contributed by atoms with Crippen LogP contribution in [0.25, 0.3) is 10.9 Å². The van der Waals surface area contributed by atoms with E-state index >= 15 is 0 Å². The minimum atomic E-state index is -0.649. The number of benzene rings is 2. The molecule has 27 heavy (non-hydrogen) atoms. The van der Waals surface area contributed by atoms with Crippen molar-refractivity contribution in [2.45, 2.75) is 26.7 Å². The maximum atomic E-state index is 13.8. The number of halogens is 1. The van der Waals surface area contributed by atoms with Gasteiger partial charge in [-0.1, -0.05) is 55.0 Å². The summed E-state index contributed by atoms with van der Waals surface area (Å²) in [5, 5.41) is 3.61. The van der Waals surface area contributed by atoms with E-state index in [1.807, 2.05) is 44.2 Å². The van der Waals surface area contributed by atoms with Gasteiger partial charge in [-0.25, -0.2) is 4.39 Å². The van der Waals surface area contributed by atoms with E-state index in [9.17, 15) is 9.18 Å². The molecule has 0 bridgehead atoms. The third kappa shape index (κ3) is 4.40. The van der Waals surface area contributed by atoms with E-state index in [2.05, 4.69) is 16.9 Å². The van der Waals surface area contributed by atoms with Crippen LogP contribution in [0.5, 0.6) is 0 Å². The third-order valence-electron chi connectivity index (χ3n) is 4.60. The smallest absolute Gasteiger partial charge is 0.231 e. The van der Waals surface area contributed by atoms with Crippen molar-refractivity contribution >= 4 is 22.5 Å². The first-order valence-corrected chi connectivity index (χ1v) is 8.91. The lowest BCUT2D eigenvalue weighted by Gasteiger charge is -2.29. The number of aromatic nitrogens is 1. The Morgan fingerprint density at radius 3 is 2.63 bits per heavy atom. The maximum Gasteiger partial charge on any atom is 0.231 e. The SMILES string of the molecule is C=C(C)CC(C)(Cc1ccccc1)C(=O)Nc1cnc2c(F)cccc2c1. The Balaban J connectivity index is 1.86. The number of para-hydroxylation sites is 1. The van der Waals surface area contributed by atoms with Crippen molar-refractivity contribution in [3.05, 3.63) is 84.3 Å². The molecule has 1 unspecified atom stereocenters. The van der Waals surface area contributed by atoms with Crippen molar-refractivity contribution in [2.75, 3.05) is 5.32 Å². The minimum Gasteiger partial charge on any atom is -0.324 e. The number of allylic oxidation sites excluding steroid dienone is 1. The first kappa shape index (κ1) is 18.8. The highest BCUT2D eigenvalue weighted by molar-refractivity contribution is 5.97. The summed E-state index contributed by atoms with van der Waals surface area (Å²) in [7, 11) is 0. The quantitative estimate of drug-likeness (QED) is 0.586. The molecule has 0 saturated carbocycles. The number of pyridine rings is 1. The van der Waals surface area contributed by atoms with E-state index in [1.54, 1.807) is 18.2 Å². The summed E-state index contributed by atoms with van der Waals surface area (Å²) in [5.74, 6) is -0.478. The summed E-state index contributed by atoms with van der Waals surface area (Å²) in [6, 6.07) is 16.5. The van der Waals surface area contributed by atoms with Gasteiger partial charge in [-0.3, -0.25) is 9.78 Å². The maximum absolute atomic E-state index is 13.8. The lowest BCUT2D eigenvalue weighted by molar-refractivity contribution is -0.124. The molecule has 0 aliphatic heterocycles. The van der Waals surface area contributed by atoms with Gasteiger partial charge in [0.25, 0.3) is 0 Å². The van der Waals surface area contributed by atoms with Crippen LogP contribution in [0.1, 0.15) is 25.8 Å². The van der Waals surface area contributed by atoms with Crippen LogP contribution in [-0.4, -0.2) is 10.9 Å². The highest BCUT2D eigenvalue weighted by Gasteiger charge is 2.33. The molecule has 1 aromatic heterocycles. The van der Waals surface area contributed by atoms with Crippen molar-refractivity contribution in [3.63, 3.8) is 0 Å². The van der Waals surface area contributed by atoms with Crippen LogP contribution in [-0.2, 0) is 11.2 Å². The molecule has 0 saturated heterocycles. The predicted octanol–water partition coefficient (Wildman–Crippen LogP) is 5.53. The fourth-order valence-electron chi connectivity index (χ4n) is 3.41. The number of hydrogen-bond donors (Lipinski definition) is 1. The van der Waals surface area contributed by atoms with Crippen molar-refractivity contribution in [2.24, 2.45) is 5.41 Å². The van der Waals surface area contributed by atoms with Gasteiger partial charge in [0.1, 0.15) is 11.3 Å². The molecule has 1 atom stereocenters. The topological polar surface area (TPSA) is 42.0 Å². The van der Waals surface area contributed by atoms with E-state index in [0.717, 1.165) is 11.1 Å². The summed E-state index contributed by atoms with van der Waals surface area (Å²) in [5.41, 5.74) is 2.24. The number of carbonyl (C=O) groups excluding carboxylic acids is 1. The molecule has 1 amide bonds. The second-order valence-electron chi connectivity index (χ2n) is 7.35. The van der Waals surface area contributed by atoms with Crippen LogP contribution in [0.3, 0.4) is 0 Å². The number of fused-ring (bicyclic) bond motifs is 1. The second-order valence-corrected chi connectivity index (χ2v) is 7.35. The van der Waals surface area contributed by atoms with Crippen molar-refractivity contribution in [1.82, 2.24) is 4.98 Å². The lowest BCUT2D eigenvalue weighted by Crippen LogP contribution is -2.36. The van der Waals surface area contributed by atoms with Crippen molar-refractivity contribution in [1.29, 1.82) is 0 Å². The second kappa shape index (κ2) is 7.70. The predicted molar refractivity (Wildman–Crippen MR) is 108 cm³/mol. The Morgan fingerprint density at radius 2 is 1.93 bits per heavy atom. The molecule has 3 aromatic rings. The van der Waals surface area contributed by atoms with E-state index in [-0.39, 0.29) is 11.7 Å². The first-order chi connectivity index (χ1) is 12.9. The molecule has 0 aliphatic rings.